The summed E-state index contributed by atoms with van der Waals surface area (Å²) in [6.45, 7) is 3.38. The molecule has 1 aliphatic heterocycles. The zero-order valence-electron chi connectivity index (χ0n) is 19.8. The number of anilines is 2. The first kappa shape index (κ1) is 25.0. The zero-order valence-corrected chi connectivity index (χ0v) is 20.6. The van der Waals surface area contributed by atoms with Crippen molar-refractivity contribution < 1.29 is 22.7 Å². The number of para-hydroxylation sites is 2. The number of fused-ring (bicyclic) bond motifs is 1. The summed E-state index contributed by atoms with van der Waals surface area (Å²) in [6.07, 6.45) is 1.33. The van der Waals surface area contributed by atoms with Crippen LogP contribution < -0.4 is 9.80 Å². The van der Waals surface area contributed by atoms with Crippen LogP contribution in [0.2, 0.25) is 0 Å². The first-order valence-corrected chi connectivity index (χ1v) is 12.1. The molecule has 0 radical (unpaired) electrons. The highest BCUT2D eigenvalue weighted by Gasteiger charge is 2.32. The van der Waals surface area contributed by atoms with Gasteiger partial charge in [-0.05, 0) is 18.2 Å². The topological polar surface area (TPSA) is 116 Å². The average molecular weight is 486 g/mol. The molecule has 3 rings (SSSR count). The minimum absolute atomic E-state index is 0.0211. The van der Waals surface area contributed by atoms with Gasteiger partial charge in [-0.25, -0.2) is 13.2 Å². The average Bonchev–Trinajstić information content (AvgIpc) is 3.33. The monoisotopic (exact) mass is 485 g/mol. The number of Topliss-reactive ketones (excluding diaryl/α,β-unsaturated/α-hetero) is 1. The molecule has 180 valence electrons. The highest BCUT2D eigenvalue weighted by Crippen LogP contribution is 2.40. The van der Waals surface area contributed by atoms with Crippen LogP contribution in [0.15, 0.2) is 52.8 Å². The van der Waals surface area contributed by atoms with Gasteiger partial charge < -0.3 is 19.1 Å². The van der Waals surface area contributed by atoms with Crippen LogP contribution in [0.5, 0.6) is 0 Å². The third-order valence-corrected chi connectivity index (χ3v) is 7.74. The number of nitrogens with zero attached hydrogens (tertiary/aromatic N) is 5. The Balaban J connectivity index is 1.79. The maximum absolute atomic E-state index is 12.8. The molecule has 0 aliphatic carbocycles. The number of aryl methyl sites for hydroxylation is 1. The Morgan fingerprint density at radius 1 is 1.06 bits per heavy atom. The van der Waals surface area contributed by atoms with Gasteiger partial charge in [0.25, 0.3) is 0 Å². The number of hydrogen-bond acceptors (Lipinski definition) is 8. The minimum Gasteiger partial charge on any atom is -0.453 e. The predicted octanol–water partition coefficient (Wildman–Crippen LogP) is 2.10. The van der Waals surface area contributed by atoms with E-state index >= 15 is 0 Å². The van der Waals surface area contributed by atoms with Crippen LogP contribution in [0.25, 0.3) is 0 Å². The molecule has 11 heteroatoms. The first-order chi connectivity index (χ1) is 16.1. The smallest absolute Gasteiger partial charge is 0.355 e. The molecule has 1 aliphatic rings. The highest BCUT2D eigenvalue weighted by atomic mass is 32.2. The van der Waals surface area contributed by atoms with Gasteiger partial charge in [-0.2, -0.15) is 9.57 Å². The molecular formula is C23H27N5O5S. The lowest BCUT2D eigenvalue weighted by Crippen LogP contribution is -2.30. The summed E-state index contributed by atoms with van der Waals surface area (Å²) in [5, 5.41) is 9.69. The Morgan fingerprint density at radius 2 is 1.62 bits per heavy atom. The van der Waals surface area contributed by atoms with Gasteiger partial charge in [0.2, 0.25) is 15.8 Å². The number of esters is 1. The largest absolute Gasteiger partial charge is 0.453 e. The van der Waals surface area contributed by atoms with Crippen molar-refractivity contribution in [2.24, 2.45) is 7.05 Å². The lowest BCUT2D eigenvalue weighted by molar-refractivity contribution is -0.118. The molecule has 0 amide bonds. The highest BCUT2D eigenvalue weighted by molar-refractivity contribution is 7.89. The van der Waals surface area contributed by atoms with Crippen LogP contribution in [0.1, 0.15) is 24.3 Å². The van der Waals surface area contributed by atoms with Crippen molar-refractivity contribution in [1.82, 2.24) is 8.87 Å². The third-order valence-electron chi connectivity index (χ3n) is 5.72. The quantitative estimate of drug-likeness (QED) is 0.317. The van der Waals surface area contributed by atoms with Crippen LogP contribution in [0.3, 0.4) is 0 Å². The second kappa shape index (κ2) is 9.70. The van der Waals surface area contributed by atoms with E-state index in [1.807, 2.05) is 30.3 Å². The van der Waals surface area contributed by atoms with E-state index in [2.05, 4.69) is 0 Å². The molecule has 0 saturated heterocycles. The molecule has 0 unspecified atom stereocenters. The van der Waals surface area contributed by atoms with E-state index in [4.69, 9.17) is 4.74 Å². The van der Waals surface area contributed by atoms with Gasteiger partial charge in [-0.1, -0.05) is 26.0 Å². The van der Waals surface area contributed by atoms with E-state index in [1.54, 1.807) is 37.7 Å². The molecule has 0 saturated carbocycles. The summed E-state index contributed by atoms with van der Waals surface area (Å²) in [5.74, 6) is -1.14. The number of ether oxygens (including phenoxy) is 1. The Labute approximate surface area is 199 Å². The summed E-state index contributed by atoms with van der Waals surface area (Å²) in [6, 6.07) is 10.6. The van der Waals surface area contributed by atoms with Crippen LogP contribution in [0, 0.1) is 11.3 Å². The Morgan fingerprint density at radius 3 is 2.12 bits per heavy atom. The normalized spacial score (nSPS) is 13.1. The molecule has 0 atom stereocenters. The van der Waals surface area contributed by atoms with Gasteiger partial charge >= 0.3 is 5.97 Å². The number of ketones is 1. The molecule has 0 spiro atoms. The van der Waals surface area contributed by atoms with Gasteiger partial charge in [-0.3, -0.25) is 4.79 Å². The molecule has 0 bridgehead atoms. The van der Waals surface area contributed by atoms with E-state index in [1.165, 1.54) is 28.2 Å². The Kier molecular flexibility index (Phi) is 7.14. The number of benzene rings is 1. The van der Waals surface area contributed by atoms with Gasteiger partial charge in [0.05, 0.1) is 11.4 Å². The maximum atomic E-state index is 12.8. The SMILES string of the molecule is CCN(CC)S(=O)(=O)c1cc(C(=O)OCC(=O)C(C#N)=C2N(C)c3ccccc3N2C)n(C)c1. The van der Waals surface area contributed by atoms with E-state index in [0.717, 1.165) is 11.4 Å². The molecule has 1 aromatic carbocycles. The molecule has 2 heterocycles. The fraction of sp³-hybridized carbons (Fsp3) is 0.348. The lowest BCUT2D eigenvalue weighted by atomic mass is 10.2. The molecule has 0 N–H and O–H groups in total. The number of aromatic nitrogens is 1. The van der Waals surface area contributed by atoms with Crippen molar-refractivity contribution in [3.63, 3.8) is 0 Å². The van der Waals surface area contributed by atoms with E-state index < -0.39 is 28.4 Å². The van der Waals surface area contributed by atoms with Gasteiger partial charge in [0.1, 0.15) is 28.1 Å². The van der Waals surface area contributed by atoms with E-state index in [9.17, 15) is 23.3 Å². The molecule has 2 aromatic rings. The Bertz CT molecular complexity index is 1270. The summed E-state index contributed by atoms with van der Waals surface area (Å²) >= 11 is 0. The number of sulfonamides is 1. The Hall–Kier alpha value is -3.62. The van der Waals surface area contributed by atoms with Crippen LogP contribution >= 0.6 is 0 Å². The molecular weight excluding hydrogens is 458 g/mol. The number of carbonyl (C=O) groups is 2. The fourth-order valence-corrected chi connectivity index (χ4v) is 5.45. The maximum Gasteiger partial charge on any atom is 0.355 e. The van der Waals surface area contributed by atoms with E-state index in [-0.39, 0.29) is 16.2 Å². The molecule has 1 aromatic heterocycles. The number of hydrogen-bond donors (Lipinski definition) is 0. The summed E-state index contributed by atoms with van der Waals surface area (Å²) in [4.78, 5) is 28.9. The van der Waals surface area contributed by atoms with Crippen molar-refractivity contribution in [2.75, 3.05) is 43.6 Å². The standard InChI is InChI=1S/C23H27N5O5S/c1-6-28(7-2)34(31,32)16-12-20(25(3)14-16)23(30)33-15-21(29)17(13-24)22-26(4)18-10-8-9-11-19(18)27(22)5/h8-12,14H,6-7,15H2,1-5H3. The van der Waals surface area contributed by atoms with E-state index in [0.29, 0.717) is 18.9 Å². The van der Waals surface area contributed by atoms with Crippen molar-refractivity contribution in [1.29, 1.82) is 5.26 Å². The zero-order chi connectivity index (χ0) is 25.2. The van der Waals surface area contributed by atoms with Crippen molar-refractivity contribution in [2.45, 2.75) is 18.7 Å². The first-order valence-electron chi connectivity index (χ1n) is 10.7. The summed E-state index contributed by atoms with van der Waals surface area (Å²) in [7, 11) is 1.25. The lowest BCUT2D eigenvalue weighted by Gasteiger charge is -2.19. The van der Waals surface area contributed by atoms with Gasteiger partial charge in [-0.15, -0.1) is 0 Å². The van der Waals surface area contributed by atoms with Crippen LogP contribution in [-0.4, -0.2) is 62.8 Å². The fourth-order valence-electron chi connectivity index (χ4n) is 3.93. The summed E-state index contributed by atoms with van der Waals surface area (Å²) < 4.78 is 33.2. The van der Waals surface area contributed by atoms with Crippen LogP contribution in [-0.2, 0) is 26.6 Å². The number of nitriles is 1. The number of rotatable bonds is 8. The van der Waals surface area contributed by atoms with Crippen LogP contribution in [0.4, 0.5) is 11.4 Å². The second-order valence-corrected chi connectivity index (χ2v) is 9.62. The minimum atomic E-state index is -3.76. The third kappa shape index (κ3) is 4.30. The van der Waals surface area contributed by atoms with Gasteiger partial charge in [0, 0.05) is 40.4 Å². The van der Waals surface area contributed by atoms with Crippen molar-refractivity contribution in [3.05, 3.63) is 53.6 Å². The van der Waals surface area contributed by atoms with Crippen molar-refractivity contribution in [3.8, 4) is 6.07 Å². The molecule has 10 nitrogen and oxygen atoms in total. The predicted molar refractivity (Wildman–Crippen MR) is 127 cm³/mol. The molecule has 0 fully saturated rings. The van der Waals surface area contributed by atoms with Crippen molar-refractivity contribution >= 4 is 33.2 Å². The second-order valence-electron chi connectivity index (χ2n) is 7.68. The summed E-state index contributed by atoms with van der Waals surface area (Å²) in [5.41, 5.74) is 1.50. The van der Waals surface area contributed by atoms with Gasteiger partial charge in [0.15, 0.2) is 6.61 Å². The number of carbonyl (C=O) groups excluding carboxylic acids is 2. The molecule has 34 heavy (non-hydrogen) atoms.